The van der Waals surface area contributed by atoms with E-state index in [1.165, 1.54) is 64.2 Å². The van der Waals surface area contributed by atoms with Gasteiger partial charge in [-0.3, -0.25) is 0 Å². The molecule has 0 nitrogen and oxygen atoms in total. The topological polar surface area (TPSA) is 0 Å². The standard InChI is InChI=1S/C13H22/c1-2-4-6-8-10-13-11-12(13)9-7-5-3-1/h9,13H,1-8,10-11H2. The minimum Gasteiger partial charge on any atom is -0.0850 e. The van der Waals surface area contributed by atoms with Gasteiger partial charge in [0.15, 0.2) is 0 Å². The SMILES string of the molecule is C1=C2CC2CCCCCCCCC1. The van der Waals surface area contributed by atoms with Gasteiger partial charge in [0.2, 0.25) is 0 Å². The van der Waals surface area contributed by atoms with Gasteiger partial charge in [-0.15, -0.1) is 0 Å². The molecule has 0 N–H and O–H groups in total. The van der Waals surface area contributed by atoms with Crippen molar-refractivity contribution in [3.8, 4) is 0 Å². The largest absolute Gasteiger partial charge is 0.0850 e. The predicted molar refractivity (Wildman–Crippen MR) is 57.7 cm³/mol. The summed E-state index contributed by atoms with van der Waals surface area (Å²) in [5, 5.41) is 0. The summed E-state index contributed by atoms with van der Waals surface area (Å²) in [6, 6.07) is 0. The second-order valence-electron chi connectivity index (χ2n) is 4.73. The molecule has 1 saturated carbocycles. The maximum absolute atomic E-state index is 2.53. The van der Waals surface area contributed by atoms with E-state index in [9.17, 15) is 0 Å². The average Bonchev–Trinajstić information content (AvgIpc) is 2.83. The molecule has 0 spiro atoms. The van der Waals surface area contributed by atoms with Crippen LogP contribution in [0.1, 0.15) is 64.2 Å². The van der Waals surface area contributed by atoms with Crippen molar-refractivity contribution in [2.75, 3.05) is 0 Å². The first kappa shape index (κ1) is 9.30. The van der Waals surface area contributed by atoms with Crippen LogP contribution in [0.3, 0.4) is 0 Å². The Labute approximate surface area is 82.4 Å². The van der Waals surface area contributed by atoms with Crippen LogP contribution >= 0.6 is 0 Å². The quantitative estimate of drug-likeness (QED) is 0.480. The summed E-state index contributed by atoms with van der Waals surface area (Å²) in [5.41, 5.74) is 1.79. The molecule has 0 radical (unpaired) electrons. The first-order valence-electron chi connectivity index (χ1n) is 6.16. The van der Waals surface area contributed by atoms with E-state index < -0.39 is 0 Å². The van der Waals surface area contributed by atoms with Gasteiger partial charge >= 0.3 is 0 Å². The molecule has 0 bridgehead atoms. The Morgan fingerprint density at radius 3 is 2.38 bits per heavy atom. The molecule has 2 aliphatic carbocycles. The van der Waals surface area contributed by atoms with Crippen LogP contribution in [0.4, 0.5) is 0 Å². The third-order valence-electron chi connectivity index (χ3n) is 3.51. The molecule has 1 fully saturated rings. The van der Waals surface area contributed by atoms with Crippen LogP contribution in [0, 0.1) is 5.92 Å². The molecular weight excluding hydrogens is 156 g/mol. The first-order chi connectivity index (χ1) is 6.47. The molecule has 0 aliphatic heterocycles. The molecule has 0 aromatic heterocycles. The fourth-order valence-electron chi connectivity index (χ4n) is 2.47. The number of rotatable bonds is 0. The minimum absolute atomic E-state index is 1.03. The van der Waals surface area contributed by atoms with Gasteiger partial charge in [-0.1, -0.05) is 50.2 Å². The smallest absolute Gasteiger partial charge is 0.0166 e. The van der Waals surface area contributed by atoms with Crippen molar-refractivity contribution in [2.45, 2.75) is 64.2 Å². The predicted octanol–water partition coefficient (Wildman–Crippen LogP) is 4.46. The fraction of sp³-hybridized carbons (Fsp3) is 0.846. The van der Waals surface area contributed by atoms with Crippen LogP contribution < -0.4 is 0 Å². The first-order valence-corrected chi connectivity index (χ1v) is 6.16. The summed E-state index contributed by atoms with van der Waals surface area (Å²) in [7, 11) is 0. The van der Waals surface area contributed by atoms with Crippen molar-refractivity contribution in [3.63, 3.8) is 0 Å². The van der Waals surface area contributed by atoms with E-state index in [0.717, 1.165) is 5.92 Å². The zero-order valence-corrected chi connectivity index (χ0v) is 8.73. The summed E-state index contributed by atoms with van der Waals surface area (Å²) in [5.74, 6) is 1.03. The molecule has 2 aliphatic rings. The van der Waals surface area contributed by atoms with E-state index in [1.54, 1.807) is 5.57 Å². The van der Waals surface area contributed by atoms with Gasteiger partial charge < -0.3 is 0 Å². The number of allylic oxidation sites excluding steroid dienone is 2. The van der Waals surface area contributed by atoms with E-state index >= 15 is 0 Å². The Morgan fingerprint density at radius 1 is 0.846 bits per heavy atom. The van der Waals surface area contributed by atoms with Crippen molar-refractivity contribution >= 4 is 0 Å². The minimum atomic E-state index is 1.03. The highest BCUT2D eigenvalue weighted by Gasteiger charge is 2.27. The lowest BCUT2D eigenvalue weighted by Gasteiger charge is -2.02. The molecule has 0 saturated heterocycles. The Kier molecular flexibility index (Phi) is 3.46. The summed E-state index contributed by atoms with van der Waals surface area (Å²) < 4.78 is 0. The van der Waals surface area contributed by atoms with Gasteiger partial charge in [-0.25, -0.2) is 0 Å². The molecule has 2 rings (SSSR count). The molecule has 1 atom stereocenters. The highest BCUT2D eigenvalue weighted by Crippen LogP contribution is 2.42. The van der Waals surface area contributed by atoms with Crippen LogP contribution in [0.15, 0.2) is 11.6 Å². The Balaban J connectivity index is 1.75. The van der Waals surface area contributed by atoms with E-state index in [0.29, 0.717) is 0 Å². The van der Waals surface area contributed by atoms with Gasteiger partial charge in [-0.2, -0.15) is 0 Å². The number of hydrogen-bond acceptors (Lipinski definition) is 0. The van der Waals surface area contributed by atoms with Crippen molar-refractivity contribution in [3.05, 3.63) is 11.6 Å². The summed E-state index contributed by atoms with van der Waals surface area (Å²) >= 11 is 0. The normalized spacial score (nSPS) is 30.8. The zero-order chi connectivity index (χ0) is 8.93. The Morgan fingerprint density at radius 2 is 1.54 bits per heavy atom. The molecule has 0 aromatic rings. The molecule has 74 valence electrons. The van der Waals surface area contributed by atoms with Crippen molar-refractivity contribution < 1.29 is 0 Å². The van der Waals surface area contributed by atoms with Crippen molar-refractivity contribution in [2.24, 2.45) is 5.92 Å². The summed E-state index contributed by atoms with van der Waals surface area (Å²) in [4.78, 5) is 0. The number of hydrogen-bond donors (Lipinski definition) is 0. The second kappa shape index (κ2) is 4.83. The molecule has 0 amide bonds. The fourth-order valence-corrected chi connectivity index (χ4v) is 2.47. The van der Waals surface area contributed by atoms with Crippen molar-refractivity contribution in [1.29, 1.82) is 0 Å². The third-order valence-corrected chi connectivity index (χ3v) is 3.51. The van der Waals surface area contributed by atoms with E-state index in [-0.39, 0.29) is 0 Å². The lowest BCUT2D eigenvalue weighted by molar-refractivity contribution is 0.554. The number of fused-ring (bicyclic) bond motifs is 1. The van der Waals surface area contributed by atoms with E-state index in [1.807, 2.05) is 0 Å². The molecular formula is C13H22. The van der Waals surface area contributed by atoms with Crippen molar-refractivity contribution in [1.82, 2.24) is 0 Å². The Bertz CT molecular complexity index is 178. The van der Waals surface area contributed by atoms with E-state index in [4.69, 9.17) is 0 Å². The third kappa shape index (κ3) is 3.17. The monoisotopic (exact) mass is 178 g/mol. The van der Waals surface area contributed by atoms with Crippen LogP contribution in [-0.2, 0) is 0 Å². The highest BCUT2D eigenvalue weighted by molar-refractivity contribution is 5.22. The van der Waals surface area contributed by atoms with E-state index in [2.05, 4.69) is 6.08 Å². The lowest BCUT2D eigenvalue weighted by Crippen LogP contribution is -1.84. The molecule has 0 heterocycles. The van der Waals surface area contributed by atoms with Crippen LogP contribution in [0.25, 0.3) is 0 Å². The molecule has 0 heteroatoms. The van der Waals surface area contributed by atoms with Gasteiger partial charge in [0, 0.05) is 0 Å². The zero-order valence-electron chi connectivity index (χ0n) is 8.73. The average molecular weight is 178 g/mol. The van der Waals surface area contributed by atoms with Gasteiger partial charge in [0.25, 0.3) is 0 Å². The maximum atomic E-state index is 2.53. The molecule has 0 aromatic carbocycles. The summed E-state index contributed by atoms with van der Waals surface area (Å²) in [6.45, 7) is 0. The van der Waals surface area contributed by atoms with Crippen LogP contribution in [0.2, 0.25) is 0 Å². The van der Waals surface area contributed by atoms with Crippen LogP contribution in [0.5, 0.6) is 0 Å². The van der Waals surface area contributed by atoms with Gasteiger partial charge in [0.05, 0.1) is 0 Å². The highest BCUT2D eigenvalue weighted by atomic mass is 14.3. The molecule has 13 heavy (non-hydrogen) atoms. The molecule has 1 unspecified atom stereocenters. The maximum Gasteiger partial charge on any atom is -0.0166 e. The second-order valence-corrected chi connectivity index (χ2v) is 4.73. The van der Waals surface area contributed by atoms with Gasteiger partial charge in [0.1, 0.15) is 0 Å². The Hall–Kier alpha value is -0.260. The van der Waals surface area contributed by atoms with Crippen LogP contribution in [-0.4, -0.2) is 0 Å². The van der Waals surface area contributed by atoms with Gasteiger partial charge in [-0.05, 0) is 31.6 Å². The summed E-state index contributed by atoms with van der Waals surface area (Å²) in [6.07, 6.45) is 17.2. The lowest BCUT2D eigenvalue weighted by atomic mass is 10.0.